The summed E-state index contributed by atoms with van der Waals surface area (Å²) in [4.78, 5) is 24.5. The third kappa shape index (κ3) is 3.38. The van der Waals surface area contributed by atoms with Crippen molar-refractivity contribution < 1.29 is 28.2 Å². The van der Waals surface area contributed by atoms with Crippen LogP contribution in [0.5, 0.6) is 23.0 Å². The highest BCUT2D eigenvalue weighted by atomic mass is 16.5. The van der Waals surface area contributed by atoms with Crippen LogP contribution in [0.3, 0.4) is 0 Å². The van der Waals surface area contributed by atoms with Gasteiger partial charge in [-0.15, -0.1) is 0 Å². The standard InChI is InChI=1S/C21H20O7/c1-11-12(2)20(22)28-16-10-14(6-7-15(11)16)27-21(23)13-8-17(24-3)19(26-5)18(9-13)25-4/h6-10H,1-5H3. The topological polar surface area (TPSA) is 84.2 Å². The number of ether oxygens (including phenoxy) is 4. The number of hydrogen-bond acceptors (Lipinski definition) is 7. The number of carbonyl (C=O) groups is 1. The molecule has 7 nitrogen and oxygen atoms in total. The SMILES string of the molecule is COc1cc(C(=O)Oc2ccc3c(C)c(C)c(=O)oc3c2)cc(OC)c1OC. The van der Waals surface area contributed by atoms with Gasteiger partial charge in [0.2, 0.25) is 5.75 Å². The van der Waals surface area contributed by atoms with Gasteiger partial charge in [-0.25, -0.2) is 9.59 Å². The van der Waals surface area contributed by atoms with E-state index in [0.717, 1.165) is 10.9 Å². The highest BCUT2D eigenvalue weighted by molar-refractivity contribution is 5.93. The monoisotopic (exact) mass is 384 g/mol. The van der Waals surface area contributed by atoms with Crippen LogP contribution in [0.1, 0.15) is 21.5 Å². The van der Waals surface area contributed by atoms with Gasteiger partial charge in [-0.2, -0.15) is 0 Å². The molecule has 28 heavy (non-hydrogen) atoms. The first kappa shape index (κ1) is 19.3. The molecule has 3 aromatic rings. The molecule has 0 saturated heterocycles. The zero-order chi connectivity index (χ0) is 20.4. The molecule has 1 aromatic heterocycles. The lowest BCUT2D eigenvalue weighted by Gasteiger charge is -2.14. The molecule has 0 saturated carbocycles. The summed E-state index contributed by atoms with van der Waals surface area (Å²) in [7, 11) is 4.40. The maximum Gasteiger partial charge on any atom is 0.343 e. The van der Waals surface area contributed by atoms with Gasteiger partial charge >= 0.3 is 11.6 Å². The quantitative estimate of drug-likeness (QED) is 0.377. The van der Waals surface area contributed by atoms with E-state index in [1.807, 2.05) is 6.92 Å². The molecule has 0 radical (unpaired) electrons. The molecule has 0 spiro atoms. The average molecular weight is 384 g/mol. The summed E-state index contributed by atoms with van der Waals surface area (Å²) in [5.41, 5.74) is 1.53. The molecular weight excluding hydrogens is 364 g/mol. The Morgan fingerprint density at radius 1 is 0.893 bits per heavy atom. The molecule has 0 bridgehead atoms. The van der Waals surface area contributed by atoms with Crippen LogP contribution in [-0.4, -0.2) is 27.3 Å². The van der Waals surface area contributed by atoms with Crippen LogP contribution in [0.25, 0.3) is 11.0 Å². The third-order valence-electron chi connectivity index (χ3n) is 4.54. The summed E-state index contributed by atoms with van der Waals surface area (Å²) in [6.45, 7) is 3.55. The minimum absolute atomic E-state index is 0.219. The summed E-state index contributed by atoms with van der Waals surface area (Å²) in [6.07, 6.45) is 0. The summed E-state index contributed by atoms with van der Waals surface area (Å²) in [5, 5.41) is 0.782. The van der Waals surface area contributed by atoms with Gasteiger partial charge in [0.25, 0.3) is 0 Å². The lowest BCUT2D eigenvalue weighted by molar-refractivity contribution is 0.0734. The lowest BCUT2D eigenvalue weighted by Crippen LogP contribution is -2.10. The van der Waals surface area contributed by atoms with Crippen LogP contribution in [-0.2, 0) is 0 Å². The maximum atomic E-state index is 12.6. The van der Waals surface area contributed by atoms with Crippen LogP contribution < -0.4 is 24.6 Å². The molecule has 0 amide bonds. The smallest absolute Gasteiger partial charge is 0.343 e. The Labute approximate surface area is 161 Å². The number of aryl methyl sites for hydroxylation is 1. The molecule has 0 aliphatic heterocycles. The first-order chi connectivity index (χ1) is 13.4. The van der Waals surface area contributed by atoms with Gasteiger partial charge in [0.1, 0.15) is 11.3 Å². The highest BCUT2D eigenvalue weighted by Crippen LogP contribution is 2.38. The molecule has 0 atom stereocenters. The minimum Gasteiger partial charge on any atom is -0.493 e. The Balaban J connectivity index is 1.97. The van der Waals surface area contributed by atoms with E-state index in [1.165, 1.54) is 39.5 Å². The Bertz CT molecular complexity index is 1090. The molecule has 146 valence electrons. The molecule has 0 aliphatic carbocycles. The van der Waals surface area contributed by atoms with Crippen molar-refractivity contribution in [1.82, 2.24) is 0 Å². The summed E-state index contributed by atoms with van der Waals surface area (Å²) < 4.78 is 26.5. The van der Waals surface area contributed by atoms with E-state index in [0.29, 0.717) is 28.4 Å². The molecule has 1 heterocycles. The van der Waals surface area contributed by atoms with Crippen molar-refractivity contribution in [3.63, 3.8) is 0 Å². The Hall–Kier alpha value is -3.48. The molecule has 3 rings (SSSR count). The van der Waals surface area contributed by atoms with Gasteiger partial charge in [-0.3, -0.25) is 0 Å². The van der Waals surface area contributed by atoms with E-state index in [2.05, 4.69) is 0 Å². The van der Waals surface area contributed by atoms with Crippen LogP contribution in [0, 0.1) is 13.8 Å². The van der Waals surface area contributed by atoms with Crippen molar-refractivity contribution in [2.45, 2.75) is 13.8 Å². The third-order valence-corrected chi connectivity index (χ3v) is 4.54. The second kappa shape index (κ2) is 7.64. The van der Waals surface area contributed by atoms with Crippen LogP contribution >= 0.6 is 0 Å². The fraction of sp³-hybridized carbons (Fsp3) is 0.238. The Morgan fingerprint density at radius 3 is 2.11 bits per heavy atom. The summed E-state index contributed by atoms with van der Waals surface area (Å²) in [6, 6.07) is 7.90. The van der Waals surface area contributed by atoms with E-state index in [4.69, 9.17) is 23.4 Å². The van der Waals surface area contributed by atoms with Crippen LogP contribution in [0.2, 0.25) is 0 Å². The molecule has 0 aliphatic rings. The first-order valence-electron chi connectivity index (χ1n) is 8.45. The van der Waals surface area contributed by atoms with E-state index in [9.17, 15) is 9.59 Å². The van der Waals surface area contributed by atoms with Crippen LogP contribution in [0.15, 0.2) is 39.5 Å². The predicted molar refractivity (Wildman–Crippen MR) is 103 cm³/mol. The summed E-state index contributed by atoms with van der Waals surface area (Å²) >= 11 is 0. The van der Waals surface area contributed by atoms with Crippen molar-refractivity contribution in [2.75, 3.05) is 21.3 Å². The molecule has 0 N–H and O–H groups in total. The number of fused-ring (bicyclic) bond motifs is 1. The molecule has 0 unspecified atom stereocenters. The van der Waals surface area contributed by atoms with E-state index in [1.54, 1.807) is 19.1 Å². The lowest BCUT2D eigenvalue weighted by atomic mass is 10.1. The maximum absolute atomic E-state index is 12.6. The number of carbonyl (C=O) groups excluding carboxylic acids is 1. The molecule has 7 heteroatoms. The van der Waals surface area contributed by atoms with E-state index < -0.39 is 11.6 Å². The van der Waals surface area contributed by atoms with Gasteiger partial charge in [-0.05, 0) is 43.7 Å². The number of methoxy groups -OCH3 is 3. The van der Waals surface area contributed by atoms with E-state index in [-0.39, 0.29) is 11.3 Å². The van der Waals surface area contributed by atoms with Gasteiger partial charge < -0.3 is 23.4 Å². The number of benzene rings is 2. The van der Waals surface area contributed by atoms with Crippen molar-refractivity contribution in [2.24, 2.45) is 0 Å². The highest BCUT2D eigenvalue weighted by Gasteiger charge is 2.19. The van der Waals surface area contributed by atoms with Crippen molar-refractivity contribution in [3.05, 3.63) is 57.4 Å². The van der Waals surface area contributed by atoms with Crippen molar-refractivity contribution in [1.29, 1.82) is 0 Å². The number of esters is 1. The molecule has 2 aromatic carbocycles. The molecule has 0 fully saturated rings. The fourth-order valence-corrected chi connectivity index (χ4v) is 2.86. The zero-order valence-electron chi connectivity index (χ0n) is 16.2. The van der Waals surface area contributed by atoms with Gasteiger partial charge in [-0.1, -0.05) is 0 Å². The largest absolute Gasteiger partial charge is 0.493 e. The second-order valence-electron chi connectivity index (χ2n) is 6.10. The van der Waals surface area contributed by atoms with Gasteiger partial charge in [0.15, 0.2) is 11.5 Å². The van der Waals surface area contributed by atoms with Crippen molar-refractivity contribution in [3.8, 4) is 23.0 Å². The van der Waals surface area contributed by atoms with Crippen molar-refractivity contribution >= 4 is 16.9 Å². The average Bonchev–Trinajstić information content (AvgIpc) is 2.70. The van der Waals surface area contributed by atoms with E-state index >= 15 is 0 Å². The molecular formula is C21H20O7. The number of rotatable bonds is 5. The van der Waals surface area contributed by atoms with Crippen LogP contribution in [0.4, 0.5) is 0 Å². The zero-order valence-corrected chi connectivity index (χ0v) is 16.2. The minimum atomic E-state index is -0.621. The fourth-order valence-electron chi connectivity index (χ4n) is 2.86. The second-order valence-corrected chi connectivity index (χ2v) is 6.10. The van der Waals surface area contributed by atoms with Gasteiger partial charge in [0, 0.05) is 17.0 Å². The Morgan fingerprint density at radius 2 is 1.54 bits per heavy atom. The van der Waals surface area contributed by atoms with Gasteiger partial charge in [0.05, 0.1) is 26.9 Å². The summed E-state index contributed by atoms with van der Waals surface area (Å²) in [5.74, 6) is 0.677. The Kier molecular flexibility index (Phi) is 5.26. The first-order valence-corrected chi connectivity index (χ1v) is 8.45. The normalized spacial score (nSPS) is 10.6. The predicted octanol–water partition coefficient (Wildman–Crippen LogP) is 3.65. The number of hydrogen-bond donors (Lipinski definition) is 0.